The Morgan fingerprint density at radius 1 is 0.786 bits per heavy atom. The molecular weight excluding hydrogens is 348 g/mol. The fourth-order valence-corrected chi connectivity index (χ4v) is 3.43. The average molecular weight is 374 g/mol. The van der Waals surface area contributed by atoms with Crippen molar-refractivity contribution in [3.63, 3.8) is 0 Å². The number of nitrogens with zero attached hydrogens (tertiary/aromatic N) is 5. The minimum absolute atomic E-state index is 0.800. The highest BCUT2D eigenvalue weighted by molar-refractivity contribution is 5.45. The molecule has 28 heavy (non-hydrogen) atoms. The molecule has 0 atom stereocenters. The molecule has 0 radical (unpaired) electrons. The van der Waals surface area contributed by atoms with Gasteiger partial charge in [-0.05, 0) is 36.6 Å². The first-order valence-electron chi connectivity index (χ1n) is 9.90. The molecule has 1 N–H and O–H groups in total. The van der Waals surface area contributed by atoms with Gasteiger partial charge in [0.15, 0.2) is 0 Å². The van der Waals surface area contributed by atoms with Gasteiger partial charge in [-0.25, -0.2) is 9.97 Å². The first kappa shape index (κ1) is 18.2. The number of piperazine rings is 1. The van der Waals surface area contributed by atoms with Crippen LogP contribution in [0.25, 0.3) is 0 Å². The summed E-state index contributed by atoms with van der Waals surface area (Å²) in [7, 11) is 0. The lowest BCUT2D eigenvalue weighted by Gasteiger charge is -2.35. The van der Waals surface area contributed by atoms with Crippen LogP contribution in [0.1, 0.15) is 12.0 Å². The van der Waals surface area contributed by atoms with Crippen molar-refractivity contribution in [1.82, 2.24) is 15.0 Å². The third kappa shape index (κ3) is 4.76. The molecule has 1 saturated heterocycles. The van der Waals surface area contributed by atoms with Gasteiger partial charge in [-0.15, -0.1) is 0 Å². The van der Waals surface area contributed by atoms with E-state index in [-0.39, 0.29) is 0 Å². The van der Waals surface area contributed by atoms with E-state index in [2.05, 4.69) is 61.5 Å². The second kappa shape index (κ2) is 9.17. The smallest absolute Gasteiger partial charge is 0.227 e. The summed E-state index contributed by atoms with van der Waals surface area (Å²) in [6, 6.07) is 18.6. The van der Waals surface area contributed by atoms with Crippen LogP contribution in [0, 0.1) is 0 Å². The van der Waals surface area contributed by atoms with Crippen LogP contribution in [0.15, 0.2) is 67.0 Å². The van der Waals surface area contributed by atoms with Crippen molar-refractivity contribution in [3.05, 3.63) is 72.6 Å². The van der Waals surface area contributed by atoms with E-state index in [4.69, 9.17) is 4.98 Å². The van der Waals surface area contributed by atoms with Crippen molar-refractivity contribution in [3.8, 4) is 0 Å². The van der Waals surface area contributed by atoms with E-state index in [9.17, 15) is 0 Å². The van der Waals surface area contributed by atoms with Gasteiger partial charge >= 0.3 is 0 Å². The molecule has 6 nitrogen and oxygen atoms in total. The van der Waals surface area contributed by atoms with Crippen molar-refractivity contribution < 1.29 is 0 Å². The lowest BCUT2D eigenvalue weighted by Crippen LogP contribution is -2.47. The zero-order chi connectivity index (χ0) is 19.0. The molecule has 3 aromatic rings. The Labute approximate surface area is 166 Å². The summed E-state index contributed by atoms with van der Waals surface area (Å²) in [4.78, 5) is 18.2. The van der Waals surface area contributed by atoms with Crippen LogP contribution in [0.2, 0.25) is 0 Å². The molecule has 1 fully saturated rings. The Balaban J connectivity index is 1.27. The topological polar surface area (TPSA) is 57.2 Å². The predicted octanol–water partition coefficient (Wildman–Crippen LogP) is 3.24. The summed E-state index contributed by atoms with van der Waals surface area (Å²) >= 11 is 0. The Morgan fingerprint density at radius 2 is 1.57 bits per heavy atom. The molecule has 0 aliphatic carbocycles. The van der Waals surface area contributed by atoms with Crippen LogP contribution in [-0.2, 0) is 6.42 Å². The van der Waals surface area contributed by atoms with E-state index < -0.39 is 0 Å². The van der Waals surface area contributed by atoms with Gasteiger partial charge in [-0.2, -0.15) is 4.98 Å². The van der Waals surface area contributed by atoms with E-state index in [1.807, 2.05) is 30.6 Å². The summed E-state index contributed by atoms with van der Waals surface area (Å²) in [5.74, 6) is 2.73. The quantitative estimate of drug-likeness (QED) is 0.641. The summed E-state index contributed by atoms with van der Waals surface area (Å²) < 4.78 is 0. The van der Waals surface area contributed by atoms with Gasteiger partial charge in [-0.1, -0.05) is 36.4 Å². The van der Waals surface area contributed by atoms with E-state index in [1.54, 1.807) is 0 Å². The molecule has 144 valence electrons. The maximum absolute atomic E-state index is 4.71. The zero-order valence-electron chi connectivity index (χ0n) is 16.0. The minimum atomic E-state index is 0.800. The fraction of sp³-hybridized carbons (Fsp3) is 0.318. The second-order valence-corrected chi connectivity index (χ2v) is 6.92. The number of aromatic nitrogens is 3. The second-order valence-electron chi connectivity index (χ2n) is 6.92. The number of pyridine rings is 1. The van der Waals surface area contributed by atoms with Gasteiger partial charge in [-0.3, -0.25) is 0 Å². The zero-order valence-corrected chi connectivity index (χ0v) is 16.0. The first-order chi connectivity index (χ1) is 13.9. The molecule has 0 spiro atoms. The molecule has 1 aliphatic heterocycles. The average Bonchev–Trinajstić information content (AvgIpc) is 2.78. The highest BCUT2D eigenvalue weighted by Crippen LogP contribution is 2.17. The van der Waals surface area contributed by atoms with Gasteiger partial charge in [0, 0.05) is 45.1 Å². The lowest BCUT2D eigenvalue weighted by atomic mass is 10.1. The normalized spacial score (nSPS) is 14.1. The lowest BCUT2D eigenvalue weighted by molar-refractivity contribution is 0.635. The summed E-state index contributed by atoms with van der Waals surface area (Å²) in [6.07, 6.45) is 5.83. The maximum Gasteiger partial charge on any atom is 0.227 e. The van der Waals surface area contributed by atoms with E-state index >= 15 is 0 Å². The van der Waals surface area contributed by atoms with Crippen molar-refractivity contribution in [2.45, 2.75) is 12.8 Å². The number of anilines is 3. The molecule has 3 heterocycles. The number of rotatable bonds is 7. The summed E-state index contributed by atoms with van der Waals surface area (Å²) in [5.41, 5.74) is 1.37. The van der Waals surface area contributed by atoms with Crippen molar-refractivity contribution in [1.29, 1.82) is 0 Å². The van der Waals surface area contributed by atoms with Gasteiger partial charge < -0.3 is 15.1 Å². The Bertz CT molecular complexity index is 847. The third-order valence-corrected chi connectivity index (χ3v) is 4.97. The molecule has 0 unspecified atom stereocenters. The predicted molar refractivity (Wildman–Crippen MR) is 114 cm³/mol. The van der Waals surface area contributed by atoms with E-state index in [0.717, 1.165) is 63.1 Å². The van der Waals surface area contributed by atoms with Crippen LogP contribution in [0.5, 0.6) is 0 Å². The number of hydrogen-bond acceptors (Lipinski definition) is 6. The van der Waals surface area contributed by atoms with Gasteiger partial charge in [0.1, 0.15) is 11.6 Å². The van der Waals surface area contributed by atoms with E-state index in [1.165, 1.54) is 5.56 Å². The van der Waals surface area contributed by atoms with E-state index in [0.29, 0.717) is 0 Å². The highest BCUT2D eigenvalue weighted by Gasteiger charge is 2.19. The minimum Gasteiger partial charge on any atom is -0.370 e. The molecule has 1 aromatic carbocycles. The Kier molecular flexibility index (Phi) is 5.97. The molecule has 2 aromatic heterocycles. The summed E-state index contributed by atoms with van der Waals surface area (Å²) in [5, 5.41) is 3.43. The van der Waals surface area contributed by atoms with Crippen LogP contribution in [0.3, 0.4) is 0 Å². The molecular formula is C22H26N6. The molecule has 1 aliphatic rings. The maximum atomic E-state index is 4.71. The third-order valence-electron chi connectivity index (χ3n) is 4.97. The number of nitrogens with one attached hydrogen (secondary N) is 1. The number of hydrogen-bond donors (Lipinski definition) is 1. The molecule has 6 heteroatoms. The molecule has 0 bridgehead atoms. The highest BCUT2D eigenvalue weighted by atomic mass is 15.3. The molecule has 0 saturated carbocycles. The van der Waals surface area contributed by atoms with Gasteiger partial charge in [0.05, 0.1) is 0 Å². The first-order valence-corrected chi connectivity index (χ1v) is 9.90. The standard InChI is InChI=1S/C22H26N6/c1-2-7-19(8-3-1)9-6-13-23-20-11-14-25-22(26-20)28-17-15-27(16-18-28)21-10-4-5-12-24-21/h1-5,7-8,10-12,14H,6,9,13,15-18H2,(H,23,25,26). The fourth-order valence-electron chi connectivity index (χ4n) is 3.43. The van der Waals surface area contributed by atoms with Crippen molar-refractivity contribution in [2.24, 2.45) is 0 Å². The van der Waals surface area contributed by atoms with Crippen LogP contribution < -0.4 is 15.1 Å². The Morgan fingerprint density at radius 3 is 2.36 bits per heavy atom. The van der Waals surface area contributed by atoms with Crippen LogP contribution >= 0.6 is 0 Å². The van der Waals surface area contributed by atoms with Gasteiger partial charge in [0.25, 0.3) is 0 Å². The Hall–Kier alpha value is -3.15. The van der Waals surface area contributed by atoms with Crippen LogP contribution in [-0.4, -0.2) is 47.7 Å². The monoisotopic (exact) mass is 374 g/mol. The molecule has 4 rings (SSSR count). The molecule has 0 amide bonds. The largest absolute Gasteiger partial charge is 0.370 e. The number of benzene rings is 1. The SMILES string of the molecule is c1ccc(CCCNc2ccnc(N3CCN(c4ccccn4)CC3)n2)cc1. The summed E-state index contributed by atoms with van der Waals surface area (Å²) in [6.45, 7) is 4.55. The van der Waals surface area contributed by atoms with Crippen molar-refractivity contribution in [2.75, 3.05) is 47.8 Å². The number of aryl methyl sites for hydroxylation is 1. The van der Waals surface area contributed by atoms with Gasteiger partial charge in [0.2, 0.25) is 5.95 Å². The van der Waals surface area contributed by atoms with Crippen molar-refractivity contribution >= 4 is 17.6 Å². The van der Waals surface area contributed by atoms with Crippen LogP contribution in [0.4, 0.5) is 17.6 Å².